The van der Waals surface area contributed by atoms with E-state index < -0.39 is 12.1 Å². The van der Waals surface area contributed by atoms with Crippen LogP contribution in [0.5, 0.6) is 0 Å². The highest BCUT2D eigenvalue weighted by molar-refractivity contribution is 6.28. The van der Waals surface area contributed by atoms with Gasteiger partial charge in [-0.15, -0.1) is 0 Å². The lowest BCUT2D eigenvalue weighted by atomic mass is 9.92. The molecule has 143 heavy (non-hydrogen) atoms. The Balaban J connectivity index is 0.000000115. The molecule has 0 N–H and O–H groups in total. The molecule has 29 rings (SSSR count). The van der Waals surface area contributed by atoms with Crippen LogP contribution in [0, 0.1) is 0 Å². The number of benzene rings is 23. The Labute approximate surface area is 841 Å². The second-order valence-corrected chi connectivity index (χ2v) is 35.0. The summed E-state index contributed by atoms with van der Waals surface area (Å²) in [4.78, 5) is 39.0. The molecule has 0 spiro atoms. The summed E-state index contributed by atoms with van der Waals surface area (Å²) in [6.45, 7) is 0. The molecule has 0 aliphatic carbocycles. The normalized spacial score (nSPS) is 13.1. The van der Waals surface area contributed by atoms with Crippen LogP contribution in [0.4, 0.5) is 0 Å². The monoisotopic (exact) mass is 1840 g/mol. The number of rotatable bonds is 12. The molecule has 0 atom stereocenters. The van der Waals surface area contributed by atoms with Gasteiger partial charge in [-0.3, -0.25) is 0 Å². The Morgan fingerprint density at radius 1 is 0.154 bits per heavy atom. The fourth-order valence-electron chi connectivity index (χ4n) is 19.7. The van der Waals surface area contributed by atoms with Crippen molar-refractivity contribution >= 4 is 152 Å². The Kier molecular flexibility index (Phi) is 16.8. The van der Waals surface area contributed by atoms with Crippen LogP contribution in [0.25, 0.3) is 288 Å². The van der Waals surface area contributed by atoms with E-state index in [0.717, 1.165) is 103 Å². The van der Waals surface area contributed by atoms with Crippen molar-refractivity contribution in [2.75, 3.05) is 0 Å². The maximum atomic E-state index is 9.75. The minimum Gasteiger partial charge on any atom is -0.456 e. The van der Waals surface area contributed by atoms with Gasteiger partial charge in [0.25, 0.3) is 0 Å². The molecular formula is C132H80N8O3. The van der Waals surface area contributed by atoms with E-state index in [2.05, 4.69) is 78.9 Å². The van der Waals surface area contributed by atoms with E-state index in [-0.39, 0.29) is 162 Å². The first-order valence-electron chi connectivity index (χ1n) is 54.3. The molecule has 0 aliphatic rings. The van der Waals surface area contributed by atoms with Crippen molar-refractivity contribution in [3.8, 4) is 136 Å². The lowest BCUT2D eigenvalue weighted by Crippen LogP contribution is -2.00. The van der Waals surface area contributed by atoms with E-state index >= 15 is 0 Å². The zero-order valence-electron chi connectivity index (χ0n) is 90.8. The van der Waals surface area contributed by atoms with E-state index in [9.17, 15) is 11.0 Å². The second kappa shape index (κ2) is 35.0. The summed E-state index contributed by atoms with van der Waals surface area (Å²) in [7, 11) is 0. The average molecular weight is 1840 g/mol. The van der Waals surface area contributed by atoms with Gasteiger partial charge in [0.1, 0.15) is 33.5 Å². The molecule has 6 heterocycles. The molecular weight excluding hydrogens is 1750 g/mol. The van der Waals surface area contributed by atoms with E-state index in [4.69, 9.17) is 62.7 Å². The van der Waals surface area contributed by atoms with Crippen molar-refractivity contribution in [2.45, 2.75) is 0 Å². The highest BCUT2D eigenvalue weighted by Crippen LogP contribution is 2.47. The van der Waals surface area contributed by atoms with Gasteiger partial charge in [-0.25, -0.2) is 39.9 Å². The van der Waals surface area contributed by atoms with Gasteiger partial charge < -0.3 is 13.3 Å². The smallest absolute Gasteiger partial charge is 0.164 e. The van der Waals surface area contributed by atoms with Crippen molar-refractivity contribution < 1.29 is 33.8 Å². The van der Waals surface area contributed by atoms with E-state index in [1.807, 2.05) is 315 Å². The van der Waals surface area contributed by atoms with Crippen molar-refractivity contribution in [2.24, 2.45) is 0 Å². The zero-order valence-corrected chi connectivity index (χ0v) is 75.8. The van der Waals surface area contributed by atoms with Crippen LogP contribution in [0.1, 0.15) is 20.6 Å². The lowest BCUT2D eigenvalue weighted by molar-refractivity contribution is 0.668. The fourth-order valence-corrected chi connectivity index (χ4v) is 19.7. The summed E-state index contributed by atoms with van der Waals surface area (Å²) in [5.41, 5.74) is 9.87. The van der Waals surface area contributed by atoms with Gasteiger partial charge in [0.2, 0.25) is 0 Å². The molecule has 0 radical (unpaired) electrons. The van der Waals surface area contributed by atoms with Gasteiger partial charge in [0.15, 0.2) is 40.8 Å². The Hall–Kier alpha value is -19.4. The molecule has 0 unspecified atom stereocenters. The minimum absolute atomic E-state index is 0.0551. The van der Waals surface area contributed by atoms with Crippen LogP contribution in [0.3, 0.4) is 0 Å². The van der Waals surface area contributed by atoms with Crippen molar-refractivity contribution in [3.05, 3.63) is 485 Å². The molecule has 0 bridgehead atoms. The standard InChI is InChI=1S/C46H28N2O.C45H27N3O.C41H25N3O/c1-3-12-29(13-4-1)41-28-42(30-14-5-2-6-15-30)48-46(47-41)38-20-11-21-44-45(38)40-27-32(23-25-43(40)49-44)31-22-24-37-35-18-8-7-16-33(35)34-17-9-10-19-36(34)39(37)26-31;1-3-12-28(13-4-1)43-46-44(29-14-5-2-6-15-29)48-45(47-43)37-20-11-21-41-42(37)39-27-31(23-25-40(39)49-41)30-22-24-36-34-18-8-7-16-32(34)33-17-9-10-19-35(33)38(36)26-30;1-3-11-27(12-4-1)39-42-40(28-13-5-2-6-14-28)44-41(43-39)34-16-9-17-37-38(34)35-25-30(21-23-36(35)45-37)29-20-22-33-31(24-29)19-18-26-10-7-8-15-32(26)33/h1-28H;1-27H;1-25H/i11D,20D,21D,23D,25D,27D;23D,25D,27D;9D,16D,17D,21D,23D,25D. The zero-order chi connectivity index (χ0) is 107. The van der Waals surface area contributed by atoms with Crippen LogP contribution in [-0.4, -0.2) is 39.9 Å². The fraction of sp³-hybridized carbons (Fsp3) is 0. The molecule has 0 saturated carbocycles. The summed E-state index contributed by atoms with van der Waals surface area (Å²) in [5, 5.41) is 18.9. The third-order valence-corrected chi connectivity index (χ3v) is 26.5. The highest BCUT2D eigenvalue weighted by Gasteiger charge is 2.25. The topological polar surface area (TPSA) is 143 Å². The number of fused-ring (bicyclic) bond motifs is 24. The first-order valence-corrected chi connectivity index (χ1v) is 46.8. The molecule has 666 valence electrons. The van der Waals surface area contributed by atoms with Gasteiger partial charge in [-0.2, -0.15) is 0 Å². The van der Waals surface area contributed by atoms with Gasteiger partial charge in [-0.1, -0.05) is 406 Å². The molecule has 0 aliphatic heterocycles. The first-order chi connectivity index (χ1) is 77.1. The minimum atomic E-state index is -0.411. The van der Waals surface area contributed by atoms with Crippen molar-refractivity contribution in [1.29, 1.82) is 0 Å². The largest absolute Gasteiger partial charge is 0.456 e. The van der Waals surface area contributed by atoms with Gasteiger partial charge >= 0.3 is 0 Å². The van der Waals surface area contributed by atoms with Crippen molar-refractivity contribution in [1.82, 2.24) is 39.9 Å². The molecule has 29 aromatic rings. The van der Waals surface area contributed by atoms with Gasteiger partial charge in [0, 0.05) is 82.4 Å². The van der Waals surface area contributed by atoms with Crippen molar-refractivity contribution in [3.63, 3.8) is 0 Å². The van der Waals surface area contributed by atoms with E-state index in [1.165, 1.54) is 5.39 Å². The molecule has 11 heteroatoms. The first kappa shape index (κ1) is 68.6. The summed E-state index contributed by atoms with van der Waals surface area (Å²) in [6, 6.07) is 125. The number of hydrogen-bond acceptors (Lipinski definition) is 11. The van der Waals surface area contributed by atoms with Crippen LogP contribution in [0.2, 0.25) is 0 Å². The predicted molar refractivity (Wildman–Crippen MR) is 589 cm³/mol. The third kappa shape index (κ3) is 15.0. The quantitative estimate of drug-likeness (QED) is 0.108. The third-order valence-electron chi connectivity index (χ3n) is 26.5. The second-order valence-electron chi connectivity index (χ2n) is 35.0. The SMILES string of the molecule is [2H]c1c(-c2ccc3c(ccc4ccccc43)c2)c([2H])c2c(oc3c([2H])c([2H])c([2H])c(-c4nc(-c5ccccc5)nc(-c5ccccc5)n4)c32)c1[2H].[2H]c1c(-c2ccc3c4ccccc4c4ccccc4c3c2)c([2H])c2c(oc3c([2H])c([2H])c([2H])c(-c4nc(-c5ccccc5)cc(-c5ccccc5)n4)c32)c1[2H].[2H]c1c(-c2ccc3c4ccccc4c4ccccc4c3c2)c([2H])c2c(oc3cccc(-c4nc(-c5ccccc5)nc(-c5ccccc5)n4)c32)c1[2H]. The van der Waals surface area contributed by atoms with E-state index in [0.29, 0.717) is 95.8 Å². The van der Waals surface area contributed by atoms with Crippen LogP contribution in [0.15, 0.2) is 498 Å². The molecule has 0 fully saturated rings. The van der Waals surface area contributed by atoms with Gasteiger partial charge in [0.05, 0.1) is 31.9 Å². The Bertz CT molecular complexity index is 10900. The molecule has 11 nitrogen and oxygen atoms in total. The molecule has 0 saturated heterocycles. The maximum Gasteiger partial charge on any atom is 0.164 e. The highest BCUT2D eigenvalue weighted by atomic mass is 16.3. The Morgan fingerprint density at radius 3 is 0.846 bits per heavy atom. The molecule has 23 aromatic carbocycles. The van der Waals surface area contributed by atoms with Gasteiger partial charge in [-0.05, 0) is 198 Å². The summed E-state index contributed by atoms with van der Waals surface area (Å²) in [5.74, 6) is 2.33. The summed E-state index contributed by atoms with van der Waals surface area (Å²) >= 11 is 0. The average Bonchev–Trinajstić information content (AvgIpc) is 1.54. The van der Waals surface area contributed by atoms with E-state index in [1.54, 1.807) is 0 Å². The number of hydrogen-bond donors (Lipinski definition) is 0. The van der Waals surface area contributed by atoms with Crippen LogP contribution in [-0.2, 0) is 0 Å². The number of aromatic nitrogens is 8. The number of nitrogens with zero attached hydrogens (tertiary/aromatic N) is 8. The lowest BCUT2D eigenvalue weighted by Gasteiger charge is -2.12. The number of furan rings is 3. The van der Waals surface area contributed by atoms with Crippen LogP contribution < -0.4 is 0 Å². The molecule has 6 aromatic heterocycles. The Morgan fingerprint density at radius 2 is 0.448 bits per heavy atom. The predicted octanol–water partition coefficient (Wildman–Crippen LogP) is 35.1. The maximum absolute atomic E-state index is 9.75. The molecule has 0 amide bonds. The van der Waals surface area contributed by atoms with Crippen LogP contribution >= 0.6 is 0 Å². The summed E-state index contributed by atoms with van der Waals surface area (Å²) < 4.78 is 156. The summed E-state index contributed by atoms with van der Waals surface area (Å²) in [6.07, 6.45) is 0.